The van der Waals surface area contributed by atoms with Gasteiger partial charge in [0.2, 0.25) is 0 Å². The van der Waals surface area contributed by atoms with E-state index in [1.807, 2.05) is 6.20 Å². The van der Waals surface area contributed by atoms with Crippen molar-refractivity contribution in [2.24, 2.45) is 4.99 Å². The lowest BCUT2D eigenvalue weighted by atomic mass is 10.1. The molecule has 0 radical (unpaired) electrons. The zero-order valence-electron chi connectivity index (χ0n) is 17.3. The molecule has 1 aliphatic rings. The van der Waals surface area contributed by atoms with Crippen molar-refractivity contribution < 1.29 is 4.39 Å². The molecule has 3 N–H and O–H groups in total. The number of hydrogen-bond donors (Lipinski definition) is 3. The van der Waals surface area contributed by atoms with Crippen LogP contribution in [0, 0.1) is 5.82 Å². The van der Waals surface area contributed by atoms with Gasteiger partial charge in [0.1, 0.15) is 5.82 Å². The van der Waals surface area contributed by atoms with Crippen molar-refractivity contribution in [2.75, 3.05) is 52.9 Å². The van der Waals surface area contributed by atoms with Crippen molar-refractivity contribution in [1.29, 1.82) is 0 Å². The Morgan fingerprint density at radius 3 is 2.79 bits per heavy atom. The number of halogens is 1. The number of aromatic amines is 1. The fourth-order valence-corrected chi connectivity index (χ4v) is 3.62. The molecule has 1 aliphatic heterocycles. The molecule has 1 saturated heterocycles. The molecule has 1 atom stereocenters. The maximum Gasteiger partial charge on any atom is 0.191 e. The average molecular weight is 389 g/mol. The Labute approximate surface area is 167 Å². The van der Waals surface area contributed by atoms with E-state index >= 15 is 0 Å². The number of likely N-dealkylation sites (N-methyl/N-ethyl adjacent to an activating group) is 1. The van der Waals surface area contributed by atoms with Gasteiger partial charge in [-0.3, -0.25) is 9.89 Å². The van der Waals surface area contributed by atoms with Crippen molar-refractivity contribution in [2.45, 2.75) is 26.3 Å². The third kappa shape index (κ3) is 5.45. The highest BCUT2D eigenvalue weighted by Gasteiger charge is 2.18. The molecule has 1 aromatic carbocycles. The minimum atomic E-state index is -0.200. The average Bonchev–Trinajstić information content (AvgIpc) is 3.08. The summed E-state index contributed by atoms with van der Waals surface area (Å²) in [7, 11) is 2.18. The van der Waals surface area contributed by atoms with Crippen molar-refractivity contribution >= 4 is 16.9 Å². The van der Waals surface area contributed by atoms with Crippen LogP contribution in [0.4, 0.5) is 4.39 Å². The van der Waals surface area contributed by atoms with E-state index < -0.39 is 0 Å². The molecule has 2 heterocycles. The molecule has 6 nitrogen and oxygen atoms in total. The number of H-pyrrole nitrogens is 1. The Morgan fingerprint density at radius 1 is 1.25 bits per heavy atom. The molecule has 0 saturated carbocycles. The Balaban J connectivity index is 1.52. The number of nitrogens with zero attached hydrogens (tertiary/aromatic N) is 3. The van der Waals surface area contributed by atoms with Crippen molar-refractivity contribution in [1.82, 2.24) is 25.4 Å². The van der Waals surface area contributed by atoms with Gasteiger partial charge in [-0.25, -0.2) is 4.39 Å². The number of fused-ring (bicyclic) bond motifs is 1. The summed E-state index contributed by atoms with van der Waals surface area (Å²) in [4.78, 5) is 12.9. The maximum absolute atomic E-state index is 13.5. The second-order valence-electron chi connectivity index (χ2n) is 7.59. The molecule has 28 heavy (non-hydrogen) atoms. The lowest BCUT2D eigenvalue weighted by Crippen LogP contribution is -2.49. The van der Waals surface area contributed by atoms with Crippen LogP contribution in [0.2, 0.25) is 0 Å². The first kappa shape index (κ1) is 20.6. The molecule has 1 fully saturated rings. The Morgan fingerprint density at radius 2 is 2.04 bits per heavy atom. The van der Waals surface area contributed by atoms with E-state index in [4.69, 9.17) is 4.99 Å². The highest BCUT2D eigenvalue weighted by Crippen LogP contribution is 2.19. The third-order valence-electron chi connectivity index (χ3n) is 5.44. The highest BCUT2D eigenvalue weighted by atomic mass is 19.1. The van der Waals surface area contributed by atoms with Gasteiger partial charge in [-0.05, 0) is 51.1 Å². The van der Waals surface area contributed by atoms with Crippen LogP contribution in [0.3, 0.4) is 0 Å². The summed E-state index contributed by atoms with van der Waals surface area (Å²) in [5.41, 5.74) is 2.08. The molecule has 2 aromatic rings. The van der Waals surface area contributed by atoms with Crippen molar-refractivity contribution in [3.8, 4) is 0 Å². The van der Waals surface area contributed by atoms with Gasteiger partial charge in [-0.15, -0.1) is 0 Å². The zero-order valence-corrected chi connectivity index (χ0v) is 17.3. The van der Waals surface area contributed by atoms with Crippen LogP contribution in [-0.2, 0) is 6.42 Å². The number of hydrogen-bond acceptors (Lipinski definition) is 3. The van der Waals surface area contributed by atoms with Crippen LogP contribution >= 0.6 is 0 Å². The first-order valence-electron chi connectivity index (χ1n) is 10.3. The van der Waals surface area contributed by atoms with Gasteiger partial charge in [-0.1, -0.05) is 0 Å². The van der Waals surface area contributed by atoms with Crippen LogP contribution in [0.5, 0.6) is 0 Å². The normalized spacial score (nSPS) is 17.8. The molecule has 1 unspecified atom stereocenters. The number of aromatic nitrogens is 1. The number of rotatable bonds is 7. The second-order valence-corrected chi connectivity index (χ2v) is 7.59. The fourth-order valence-electron chi connectivity index (χ4n) is 3.62. The lowest BCUT2D eigenvalue weighted by Gasteiger charge is -2.35. The number of piperazine rings is 1. The molecule has 0 bridgehead atoms. The molecule has 0 amide bonds. The first-order valence-corrected chi connectivity index (χ1v) is 10.3. The van der Waals surface area contributed by atoms with E-state index in [1.165, 1.54) is 6.07 Å². The lowest BCUT2D eigenvalue weighted by molar-refractivity contribution is 0.122. The van der Waals surface area contributed by atoms with Gasteiger partial charge in [0.05, 0.1) is 6.54 Å². The van der Waals surface area contributed by atoms with Crippen LogP contribution in [-0.4, -0.2) is 79.6 Å². The van der Waals surface area contributed by atoms with Crippen LogP contribution in [0.25, 0.3) is 10.9 Å². The van der Waals surface area contributed by atoms with E-state index in [-0.39, 0.29) is 5.82 Å². The Hall–Kier alpha value is -2.12. The molecule has 0 spiro atoms. The first-order chi connectivity index (χ1) is 13.6. The summed E-state index contributed by atoms with van der Waals surface area (Å²) in [5, 5.41) is 7.68. The summed E-state index contributed by atoms with van der Waals surface area (Å²) in [6, 6.07) is 5.30. The van der Waals surface area contributed by atoms with Gasteiger partial charge in [-0.2, -0.15) is 0 Å². The van der Waals surface area contributed by atoms with E-state index in [2.05, 4.69) is 46.3 Å². The number of guanidine groups is 1. The topological polar surface area (TPSA) is 58.7 Å². The summed E-state index contributed by atoms with van der Waals surface area (Å²) in [5.74, 6) is 0.642. The van der Waals surface area contributed by atoms with Gasteiger partial charge < -0.3 is 20.5 Å². The molecular weight excluding hydrogens is 355 g/mol. The van der Waals surface area contributed by atoms with Gasteiger partial charge in [0.25, 0.3) is 0 Å². The number of aliphatic imine (C=N–C) groups is 1. The van der Waals surface area contributed by atoms with Crippen LogP contribution in [0.1, 0.15) is 19.4 Å². The number of benzene rings is 1. The molecule has 1 aromatic heterocycles. The predicted molar refractivity (Wildman–Crippen MR) is 114 cm³/mol. The number of nitrogens with one attached hydrogen (secondary N) is 3. The summed E-state index contributed by atoms with van der Waals surface area (Å²) < 4.78 is 13.5. The van der Waals surface area contributed by atoms with E-state index in [0.29, 0.717) is 6.04 Å². The second kappa shape index (κ2) is 9.89. The SMILES string of the molecule is CCNC(=NCC(C)N1CCN(C)CC1)NCCc1c[nH]c2ccc(F)cc12. The van der Waals surface area contributed by atoms with E-state index in [1.54, 1.807) is 12.1 Å². The fraction of sp³-hybridized carbons (Fsp3) is 0.571. The minimum absolute atomic E-state index is 0.200. The van der Waals surface area contributed by atoms with E-state index in [0.717, 1.165) is 74.7 Å². The quantitative estimate of drug-likeness (QED) is 0.502. The molecule has 7 heteroatoms. The summed E-state index contributed by atoms with van der Waals surface area (Å²) in [6.45, 7) is 11.1. The molecule has 0 aliphatic carbocycles. The monoisotopic (exact) mass is 388 g/mol. The van der Waals surface area contributed by atoms with Crippen molar-refractivity contribution in [3.05, 3.63) is 35.8 Å². The van der Waals surface area contributed by atoms with E-state index in [9.17, 15) is 4.39 Å². The minimum Gasteiger partial charge on any atom is -0.361 e. The molecule has 154 valence electrons. The molecule has 3 rings (SSSR count). The molecular formula is C21H33FN6. The van der Waals surface area contributed by atoms with Crippen molar-refractivity contribution in [3.63, 3.8) is 0 Å². The Bertz CT molecular complexity index is 778. The van der Waals surface area contributed by atoms with Gasteiger partial charge in [0, 0.05) is 62.4 Å². The van der Waals surface area contributed by atoms with Gasteiger partial charge in [0.15, 0.2) is 5.96 Å². The standard InChI is InChI=1S/C21H33FN6/c1-4-23-21(26-14-16(2)28-11-9-27(3)10-12-28)24-8-7-17-15-25-20-6-5-18(22)13-19(17)20/h5-6,13,15-16,25H,4,7-12,14H2,1-3H3,(H2,23,24,26). The summed E-state index contributed by atoms with van der Waals surface area (Å²) >= 11 is 0. The van der Waals surface area contributed by atoms with Crippen LogP contribution in [0.15, 0.2) is 29.4 Å². The van der Waals surface area contributed by atoms with Crippen LogP contribution < -0.4 is 10.6 Å². The largest absolute Gasteiger partial charge is 0.361 e. The zero-order chi connectivity index (χ0) is 19.9. The highest BCUT2D eigenvalue weighted by molar-refractivity contribution is 5.83. The smallest absolute Gasteiger partial charge is 0.191 e. The maximum atomic E-state index is 13.5. The third-order valence-corrected chi connectivity index (χ3v) is 5.44. The summed E-state index contributed by atoms with van der Waals surface area (Å²) in [6.07, 6.45) is 2.77. The van der Waals surface area contributed by atoms with Gasteiger partial charge >= 0.3 is 0 Å². The predicted octanol–water partition coefficient (Wildman–Crippen LogP) is 2.04. The Kier molecular flexibility index (Phi) is 7.28.